The van der Waals surface area contributed by atoms with Gasteiger partial charge in [-0.1, -0.05) is 17.7 Å². The molecule has 1 rings (SSSR count). The maximum Gasteiger partial charge on any atom is 0.247 e. The van der Waals surface area contributed by atoms with Gasteiger partial charge in [-0.05, 0) is 63.8 Å². The topological polar surface area (TPSA) is 93.1 Å². The molecule has 0 saturated heterocycles. The molecule has 8 heteroatoms. The van der Waals surface area contributed by atoms with Gasteiger partial charge in [0.05, 0.1) is 11.7 Å². The minimum atomic E-state index is -3.31. The van der Waals surface area contributed by atoms with Crippen LogP contribution in [-0.4, -0.2) is 69.6 Å². The van der Waals surface area contributed by atoms with E-state index in [1.807, 2.05) is 51.1 Å². The summed E-state index contributed by atoms with van der Waals surface area (Å²) in [6.45, 7) is 6.67. The predicted molar refractivity (Wildman–Crippen MR) is 127 cm³/mol. The molecule has 0 saturated carbocycles. The van der Waals surface area contributed by atoms with E-state index < -0.39 is 21.5 Å². The van der Waals surface area contributed by atoms with Crippen molar-refractivity contribution in [2.75, 3.05) is 33.6 Å². The van der Waals surface area contributed by atoms with Crippen molar-refractivity contribution in [1.29, 1.82) is 0 Å². The first-order valence-corrected chi connectivity index (χ1v) is 12.5. The summed E-state index contributed by atoms with van der Waals surface area (Å²) in [5.74, 6) is 0.398. The molecule has 0 aromatic heterocycles. The highest BCUT2D eigenvalue weighted by atomic mass is 32.2. The number of amides is 1. The van der Waals surface area contributed by atoms with E-state index in [9.17, 15) is 18.3 Å². The van der Waals surface area contributed by atoms with E-state index >= 15 is 0 Å². The number of likely N-dealkylation sites (N-methyl/N-ethyl adjacent to an activating group) is 1. The van der Waals surface area contributed by atoms with Crippen LogP contribution < -0.4 is 4.74 Å². The third-order valence-electron chi connectivity index (χ3n) is 5.32. The molecule has 0 radical (unpaired) electrons. The normalized spacial score (nSPS) is 13.9. The molecule has 7 nitrogen and oxygen atoms in total. The average molecular weight is 468 g/mol. The minimum absolute atomic E-state index is 0.351. The Morgan fingerprint density at radius 2 is 1.88 bits per heavy atom. The molecule has 1 N–H and O–H groups in total. The number of ether oxygens (including phenoxy) is 2. The lowest BCUT2D eigenvalue weighted by molar-refractivity contribution is -0.124. The van der Waals surface area contributed by atoms with Crippen molar-refractivity contribution in [3.05, 3.63) is 53.0 Å². The van der Waals surface area contributed by atoms with Crippen molar-refractivity contribution >= 4 is 15.7 Å². The SMILES string of the molecule is COC(C)(C)C(O)CC/C(C)=C/COc1ccc(CCN(C)C(=O)/C=C/S(C)(=O)=O)cc1. The Morgan fingerprint density at radius 3 is 2.44 bits per heavy atom. The molecular formula is C24H37NO6S. The van der Waals surface area contributed by atoms with Gasteiger partial charge in [0.2, 0.25) is 5.91 Å². The molecule has 0 bridgehead atoms. The fourth-order valence-electron chi connectivity index (χ4n) is 2.70. The lowest BCUT2D eigenvalue weighted by Gasteiger charge is -2.29. The maximum absolute atomic E-state index is 11.9. The second-order valence-electron chi connectivity index (χ2n) is 8.51. The van der Waals surface area contributed by atoms with Crippen LogP contribution in [0, 0.1) is 0 Å². The summed E-state index contributed by atoms with van der Waals surface area (Å²) in [6, 6.07) is 7.66. The molecule has 0 spiro atoms. The van der Waals surface area contributed by atoms with Crippen molar-refractivity contribution < 1.29 is 27.8 Å². The van der Waals surface area contributed by atoms with E-state index in [2.05, 4.69) is 0 Å². The van der Waals surface area contributed by atoms with Gasteiger partial charge < -0.3 is 19.5 Å². The third-order valence-corrected chi connectivity index (χ3v) is 5.95. The van der Waals surface area contributed by atoms with Crippen LogP contribution in [0.5, 0.6) is 5.75 Å². The molecule has 1 atom stereocenters. The number of aliphatic hydroxyl groups is 1. The van der Waals surface area contributed by atoms with Crippen molar-refractivity contribution in [3.8, 4) is 5.75 Å². The first-order valence-electron chi connectivity index (χ1n) is 10.6. The zero-order valence-corrected chi connectivity index (χ0v) is 20.8. The van der Waals surface area contributed by atoms with Gasteiger partial charge in [-0.3, -0.25) is 4.79 Å². The van der Waals surface area contributed by atoms with E-state index in [0.717, 1.165) is 41.0 Å². The van der Waals surface area contributed by atoms with Crippen LogP contribution in [0.1, 0.15) is 39.2 Å². The van der Waals surface area contributed by atoms with Crippen LogP contribution >= 0.6 is 0 Å². The molecular weight excluding hydrogens is 430 g/mol. The van der Waals surface area contributed by atoms with Gasteiger partial charge in [0.1, 0.15) is 12.4 Å². The number of benzene rings is 1. The lowest BCUT2D eigenvalue weighted by atomic mass is 9.95. The number of carbonyl (C=O) groups is 1. The van der Waals surface area contributed by atoms with Crippen LogP contribution in [0.25, 0.3) is 0 Å². The highest BCUT2D eigenvalue weighted by Crippen LogP contribution is 2.20. The minimum Gasteiger partial charge on any atom is -0.490 e. The molecule has 0 fully saturated rings. The van der Waals surface area contributed by atoms with Crippen molar-refractivity contribution in [2.24, 2.45) is 0 Å². The number of nitrogens with zero attached hydrogens (tertiary/aromatic N) is 1. The summed E-state index contributed by atoms with van der Waals surface area (Å²) < 4.78 is 33.3. The second kappa shape index (κ2) is 12.8. The highest BCUT2D eigenvalue weighted by Gasteiger charge is 2.26. The Bertz CT molecular complexity index is 888. The second-order valence-corrected chi connectivity index (χ2v) is 10.4. The standard InChI is InChI=1S/C24H37NO6S/c1-19(7-12-22(26)24(2,3)30-5)14-17-31-21-10-8-20(9-11-21)13-16-25(4)23(27)15-18-32(6,28)29/h8-11,14-15,18,22,26H,7,12-13,16-17H2,1-6H3/b18-15+,19-14+. The smallest absolute Gasteiger partial charge is 0.247 e. The fraction of sp³-hybridized carbons (Fsp3) is 0.542. The molecule has 1 aromatic rings. The van der Waals surface area contributed by atoms with E-state index in [0.29, 0.717) is 26.0 Å². The Kier molecular flexibility index (Phi) is 11.1. The molecule has 0 aliphatic rings. The first kappa shape index (κ1) is 27.9. The van der Waals surface area contributed by atoms with Gasteiger partial charge >= 0.3 is 0 Å². The molecule has 1 amide bonds. The fourth-order valence-corrected chi connectivity index (χ4v) is 3.06. The van der Waals surface area contributed by atoms with Gasteiger partial charge in [-0.25, -0.2) is 8.42 Å². The summed E-state index contributed by atoms with van der Waals surface area (Å²) in [5.41, 5.74) is 1.63. The summed E-state index contributed by atoms with van der Waals surface area (Å²) in [5, 5.41) is 11.1. The number of hydrogen-bond donors (Lipinski definition) is 1. The highest BCUT2D eigenvalue weighted by molar-refractivity contribution is 7.93. The van der Waals surface area contributed by atoms with Crippen molar-refractivity contribution in [2.45, 2.75) is 51.7 Å². The largest absolute Gasteiger partial charge is 0.490 e. The quantitative estimate of drug-likeness (QED) is 0.354. The molecule has 180 valence electrons. The van der Waals surface area contributed by atoms with E-state index in [4.69, 9.17) is 9.47 Å². The van der Waals surface area contributed by atoms with Gasteiger partial charge in [0.25, 0.3) is 0 Å². The van der Waals surface area contributed by atoms with Crippen LogP contribution in [-0.2, 0) is 25.8 Å². The average Bonchev–Trinajstić information content (AvgIpc) is 2.74. The molecule has 1 unspecified atom stereocenters. The Morgan fingerprint density at radius 1 is 1.25 bits per heavy atom. The van der Waals surface area contributed by atoms with E-state index in [-0.39, 0.29) is 5.91 Å². The van der Waals surface area contributed by atoms with Crippen LogP contribution in [0.4, 0.5) is 0 Å². The number of aliphatic hydroxyl groups excluding tert-OH is 1. The number of methoxy groups -OCH3 is 1. The maximum atomic E-state index is 11.9. The van der Waals surface area contributed by atoms with Gasteiger partial charge in [-0.2, -0.15) is 0 Å². The third kappa shape index (κ3) is 10.9. The summed E-state index contributed by atoms with van der Waals surface area (Å²) in [6.07, 6.45) is 5.63. The zero-order valence-electron chi connectivity index (χ0n) is 20.0. The number of allylic oxidation sites excluding steroid dienone is 1. The Hall–Kier alpha value is -2.16. The van der Waals surface area contributed by atoms with E-state index in [1.54, 1.807) is 14.2 Å². The molecule has 32 heavy (non-hydrogen) atoms. The molecule has 0 aliphatic heterocycles. The van der Waals surface area contributed by atoms with Crippen molar-refractivity contribution in [3.63, 3.8) is 0 Å². The molecule has 0 heterocycles. The van der Waals surface area contributed by atoms with Crippen LogP contribution in [0.3, 0.4) is 0 Å². The van der Waals surface area contributed by atoms with Crippen LogP contribution in [0.2, 0.25) is 0 Å². The van der Waals surface area contributed by atoms with Crippen LogP contribution in [0.15, 0.2) is 47.4 Å². The summed E-state index contributed by atoms with van der Waals surface area (Å²) in [7, 11) is -0.0798. The number of rotatable bonds is 13. The first-order chi connectivity index (χ1) is 14.8. The Balaban J connectivity index is 2.43. The Labute approximate surface area is 192 Å². The lowest BCUT2D eigenvalue weighted by Crippen LogP contribution is -2.37. The van der Waals surface area contributed by atoms with Gasteiger partial charge in [0, 0.05) is 38.4 Å². The number of hydrogen-bond acceptors (Lipinski definition) is 6. The number of sulfone groups is 1. The monoisotopic (exact) mass is 467 g/mol. The summed E-state index contributed by atoms with van der Waals surface area (Å²) in [4.78, 5) is 13.4. The molecule has 1 aromatic carbocycles. The zero-order chi connectivity index (χ0) is 24.4. The predicted octanol–water partition coefficient (Wildman–Crippen LogP) is 3.14. The summed E-state index contributed by atoms with van der Waals surface area (Å²) >= 11 is 0. The number of carbonyl (C=O) groups excluding carboxylic acids is 1. The van der Waals surface area contributed by atoms with Gasteiger partial charge in [-0.15, -0.1) is 0 Å². The van der Waals surface area contributed by atoms with E-state index in [1.165, 1.54) is 4.90 Å². The van der Waals surface area contributed by atoms with Crippen molar-refractivity contribution in [1.82, 2.24) is 4.90 Å². The molecule has 0 aliphatic carbocycles. The van der Waals surface area contributed by atoms with Gasteiger partial charge in [0.15, 0.2) is 9.84 Å².